The smallest absolute Gasteiger partial charge is 0.403 e. The van der Waals surface area contributed by atoms with Gasteiger partial charge in [-0.1, -0.05) is 18.9 Å². The number of halogens is 4. The molecule has 2 aromatic heterocycles. The zero-order valence-electron chi connectivity index (χ0n) is 26.9. The predicted octanol–water partition coefficient (Wildman–Crippen LogP) is 7.04. The molecule has 0 radical (unpaired) electrons. The van der Waals surface area contributed by atoms with Crippen molar-refractivity contribution in [1.82, 2.24) is 29.7 Å². The fourth-order valence-corrected chi connectivity index (χ4v) is 6.97. The number of nitrogens with zero attached hydrogens (tertiary/aromatic N) is 7. The minimum atomic E-state index is -4.89. The molecule has 6 rings (SSSR count). The Morgan fingerprint density at radius 3 is 2.44 bits per heavy atom. The minimum absolute atomic E-state index is 0.0930. The first-order chi connectivity index (χ1) is 23.1. The third-order valence-corrected chi connectivity index (χ3v) is 9.72. The maximum Gasteiger partial charge on any atom is 0.573 e. The fourth-order valence-electron chi connectivity index (χ4n) is 6.27. The maximum absolute atomic E-state index is 13.7. The molecule has 0 unspecified atom stereocenters. The average molecular weight is 748 g/mol. The van der Waals surface area contributed by atoms with E-state index in [1.54, 1.807) is 18.5 Å². The van der Waals surface area contributed by atoms with Crippen LogP contribution in [0.5, 0.6) is 5.75 Å². The van der Waals surface area contributed by atoms with Crippen molar-refractivity contribution < 1.29 is 17.9 Å². The molecule has 0 aliphatic carbocycles. The van der Waals surface area contributed by atoms with Crippen LogP contribution in [0.3, 0.4) is 0 Å². The van der Waals surface area contributed by atoms with Gasteiger partial charge in [0, 0.05) is 81.9 Å². The Balaban J connectivity index is 1.26. The van der Waals surface area contributed by atoms with Gasteiger partial charge in [0.25, 0.3) is 0 Å². The van der Waals surface area contributed by atoms with E-state index in [0.717, 1.165) is 68.9 Å². The Morgan fingerprint density at radius 1 is 0.979 bits per heavy atom. The number of likely N-dealkylation sites (N-methyl/N-ethyl adjacent to an activating group) is 1. The van der Waals surface area contributed by atoms with Crippen molar-refractivity contribution in [1.29, 1.82) is 0 Å². The summed E-state index contributed by atoms with van der Waals surface area (Å²) < 4.78 is 49.6. The Bertz CT molecular complexity index is 1730. The van der Waals surface area contributed by atoms with Crippen molar-refractivity contribution in [3.8, 4) is 5.75 Å². The topological polar surface area (TPSA) is 107 Å². The van der Waals surface area contributed by atoms with Gasteiger partial charge in [0.15, 0.2) is 5.75 Å². The minimum Gasteiger partial charge on any atom is -0.403 e. The largest absolute Gasteiger partial charge is 0.573 e. The highest BCUT2D eigenvalue weighted by molar-refractivity contribution is 9.10. The molecule has 48 heavy (non-hydrogen) atoms. The van der Waals surface area contributed by atoms with Crippen LogP contribution in [0.25, 0.3) is 11.0 Å². The molecule has 0 amide bonds. The molecular weight excluding hydrogens is 709 g/mol. The Labute approximate surface area is 290 Å². The number of fused-ring (bicyclic) bond motifs is 1. The molecule has 16 heteroatoms. The quantitative estimate of drug-likeness (QED) is 0.145. The monoisotopic (exact) mass is 746 g/mol. The Kier molecular flexibility index (Phi) is 10.6. The predicted molar refractivity (Wildman–Crippen MR) is 190 cm³/mol. The number of anilines is 6. The van der Waals surface area contributed by atoms with Gasteiger partial charge < -0.3 is 29.9 Å². The molecule has 3 N–H and O–H groups in total. The first-order valence-corrected chi connectivity index (χ1v) is 17.8. The van der Waals surface area contributed by atoms with Crippen molar-refractivity contribution >= 4 is 73.4 Å². The fraction of sp³-hybridized carbons (Fsp3) is 0.438. The number of benzene rings is 2. The lowest BCUT2D eigenvalue weighted by atomic mass is 9.99. The van der Waals surface area contributed by atoms with Gasteiger partial charge in [-0.05, 0) is 66.0 Å². The van der Waals surface area contributed by atoms with Gasteiger partial charge in [0.1, 0.15) is 11.3 Å². The maximum atomic E-state index is 13.7. The second kappa shape index (κ2) is 14.9. The normalized spacial score (nSPS) is 16.7. The van der Waals surface area contributed by atoms with E-state index in [9.17, 15) is 13.2 Å². The van der Waals surface area contributed by atoms with Crippen LogP contribution in [0.1, 0.15) is 25.3 Å². The van der Waals surface area contributed by atoms with E-state index in [-0.39, 0.29) is 17.4 Å². The molecule has 2 aromatic carbocycles. The second-order valence-electron chi connectivity index (χ2n) is 11.8. The van der Waals surface area contributed by atoms with Gasteiger partial charge in [-0.2, -0.15) is 4.98 Å². The highest BCUT2D eigenvalue weighted by atomic mass is 79.9. The third-order valence-electron chi connectivity index (χ3n) is 8.74. The van der Waals surface area contributed by atoms with Crippen molar-refractivity contribution in [2.45, 2.75) is 38.6 Å². The number of aryl methyl sites for hydroxylation is 1. The summed E-state index contributed by atoms with van der Waals surface area (Å²) in [6.07, 6.45) is 4.33. The zero-order chi connectivity index (χ0) is 33.8. The molecule has 2 saturated heterocycles. The van der Waals surface area contributed by atoms with Crippen LogP contribution in [0.2, 0.25) is 0 Å². The molecule has 0 atom stereocenters. The summed E-state index contributed by atoms with van der Waals surface area (Å²) in [5, 5.41) is 6.29. The number of piperazine rings is 1. The number of hydrogen-bond donors (Lipinski definition) is 3. The van der Waals surface area contributed by atoms with Crippen LogP contribution in [-0.2, 0) is 6.42 Å². The molecule has 2 aliphatic heterocycles. The van der Waals surface area contributed by atoms with Gasteiger partial charge in [-0.25, -0.2) is 4.98 Å². The standard InChI is InChI=1S/C32H38BrF3N10OS/c1-4-20-17-25(27(47-32(34,35)36)18-26(20)46-11-7-21(8-12-46)45-15-13-44(2)14-16-45)41-31-39-19-22(33)30(42-31)40-24-6-5-23-28(29(24)43-48-3)38-10-9-37-23/h5-6,9-10,17-19,21,43H,4,7-8,11-16H2,1-3H3,(H2,39,40,41,42). The number of hydrogen-bond acceptors (Lipinski definition) is 12. The summed E-state index contributed by atoms with van der Waals surface area (Å²) >= 11 is 4.90. The second-order valence-corrected chi connectivity index (χ2v) is 13.3. The molecule has 0 bridgehead atoms. The molecule has 2 fully saturated rings. The van der Waals surface area contributed by atoms with Gasteiger partial charge in [0.2, 0.25) is 5.95 Å². The lowest BCUT2D eigenvalue weighted by molar-refractivity contribution is -0.274. The van der Waals surface area contributed by atoms with Crippen LogP contribution in [0.15, 0.2) is 47.3 Å². The summed E-state index contributed by atoms with van der Waals surface area (Å²) in [6, 6.07) is 7.39. The summed E-state index contributed by atoms with van der Waals surface area (Å²) in [4.78, 5) is 24.9. The third kappa shape index (κ3) is 7.98. The number of aromatic nitrogens is 4. The van der Waals surface area contributed by atoms with Crippen molar-refractivity contribution in [2.24, 2.45) is 0 Å². The van der Waals surface area contributed by atoms with Gasteiger partial charge in [-0.15, -0.1) is 13.2 Å². The Morgan fingerprint density at radius 2 is 1.73 bits per heavy atom. The van der Waals surface area contributed by atoms with Crippen LogP contribution in [-0.4, -0.2) is 94.7 Å². The van der Waals surface area contributed by atoms with Crippen LogP contribution < -0.4 is 25.0 Å². The van der Waals surface area contributed by atoms with Gasteiger partial charge in [-0.3, -0.25) is 14.9 Å². The van der Waals surface area contributed by atoms with Crippen LogP contribution in [0.4, 0.5) is 47.7 Å². The van der Waals surface area contributed by atoms with E-state index in [4.69, 9.17) is 0 Å². The Hall–Kier alpha value is -3.60. The number of rotatable bonds is 10. The molecular formula is C32H38BrF3N10OS. The average Bonchev–Trinajstić information content (AvgIpc) is 3.07. The van der Waals surface area contributed by atoms with Gasteiger partial charge in [0.05, 0.1) is 27.1 Å². The van der Waals surface area contributed by atoms with Crippen molar-refractivity contribution in [2.75, 3.05) is 72.8 Å². The molecule has 2 aliphatic rings. The van der Waals surface area contributed by atoms with Crippen LogP contribution >= 0.6 is 27.9 Å². The van der Waals surface area contributed by atoms with E-state index >= 15 is 0 Å². The summed E-state index contributed by atoms with van der Waals surface area (Å²) in [7, 11) is 2.15. The molecule has 11 nitrogen and oxygen atoms in total. The van der Waals surface area contributed by atoms with Crippen molar-refractivity contribution in [3.05, 3.63) is 52.9 Å². The molecule has 0 saturated carbocycles. The summed E-state index contributed by atoms with van der Waals surface area (Å²) in [6.45, 7) is 7.74. The number of nitrogens with one attached hydrogen (secondary N) is 3. The summed E-state index contributed by atoms with van der Waals surface area (Å²) in [5.74, 6) is 0.153. The highest BCUT2D eigenvalue weighted by Gasteiger charge is 2.34. The van der Waals surface area contributed by atoms with Crippen molar-refractivity contribution in [3.63, 3.8) is 0 Å². The highest BCUT2D eigenvalue weighted by Crippen LogP contribution is 2.40. The number of alkyl halides is 3. The molecule has 4 aromatic rings. The van der Waals surface area contributed by atoms with Crippen LogP contribution in [0, 0.1) is 0 Å². The van der Waals surface area contributed by atoms with E-state index in [1.165, 1.54) is 24.2 Å². The zero-order valence-corrected chi connectivity index (χ0v) is 29.3. The van der Waals surface area contributed by atoms with E-state index in [2.05, 4.69) is 77.7 Å². The SMILES string of the molecule is CCc1cc(Nc2ncc(Br)c(Nc3ccc4nccnc4c3NSC)n2)c(OC(F)(F)F)cc1N1CCC(N2CCN(C)CC2)CC1. The number of piperidine rings is 1. The molecule has 4 heterocycles. The summed E-state index contributed by atoms with van der Waals surface area (Å²) in [5.41, 5.74) is 4.57. The lowest BCUT2D eigenvalue weighted by Gasteiger charge is -2.43. The first kappa shape index (κ1) is 34.3. The van der Waals surface area contributed by atoms with E-state index < -0.39 is 6.36 Å². The van der Waals surface area contributed by atoms with E-state index in [0.29, 0.717) is 39.6 Å². The lowest BCUT2D eigenvalue weighted by Crippen LogP contribution is -2.52. The van der Waals surface area contributed by atoms with Gasteiger partial charge >= 0.3 is 6.36 Å². The first-order valence-electron chi connectivity index (χ1n) is 15.8. The molecule has 256 valence electrons. The molecule has 0 spiro atoms. The van der Waals surface area contributed by atoms with E-state index in [1.807, 2.05) is 25.3 Å². The number of ether oxygens (including phenoxy) is 1.